The van der Waals surface area contributed by atoms with Gasteiger partial charge in [0.2, 0.25) is 0 Å². The second-order valence-electron chi connectivity index (χ2n) is 4.94. The van der Waals surface area contributed by atoms with E-state index in [1.807, 2.05) is 24.3 Å². The standard InChI is InChI=1S/C16H12N2O/c1-9-4-2-5-11-10(9)8-13-16(18-11)15-12(17-13)6-3-7-14(15)19/h2-7,19H,8H2,1H3. The van der Waals surface area contributed by atoms with Gasteiger partial charge in [-0.2, -0.15) is 0 Å². The molecule has 0 bridgehead atoms. The molecule has 19 heavy (non-hydrogen) atoms. The van der Waals surface area contributed by atoms with Gasteiger partial charge < -0.3 is 5.11 Å². The first kappa shape index (κ1) is 10.5. The fourth-order valence-electron chi connectivity index (χ4n) is 2.76. The zero-order chi connectivity index (χ0) is 13.0. The highest BCUT2D eigenvalue weighted by atomic mass is 16.3. The van der Waals surface area contributed by atoms with Crippen LogP contribution < -0.4 is 0 Å². The van der Waals surface area contributed by atoms with E-state index in [0.717, 1.165) is 34.8 Å². The monoisotopic (exact) mass is 248 g/mol. The average Bonchev–Trinajstić information content (AvgIpc) is 2.76. The minimum absolute atomic E-state index is 0.256. The second-order valence-corrected chi connectivity index (χ2v) is 4.94. The number of hydrogen-bond acceptors (Lipinski definition) is 3. The van der Waals surface area contributed by atoms with E-state index < -0.39 is 0 Å². The van der Waals surface area contributed by atoms with Crippen LogP contribution in [0.25, 0.3) is 0 Å². The summed E-state index contributed by atoms with van der Waals surface area (Å²) in [6.45, 7) is 2.10. The van der Waals surface area contributed by atoms with Crippen LogP contribution in [-0.2, 0) is 6.42 Å². The first-order valence-corrected chi connectivity index (χ1v) is 6.31. The molecule has 2 aromatic rings. The number of fused-ring (bicyclic) bond motifs is 4. The molecule has 2 aromatic carbocycles. The summed E-state index contributed by atoms with van der Waals surface area (Å²) in [5.41, 5.74) is 6.83. The van der Waals surface area contributed by atoms with E-state index >= 15 is 0 Å². The van der Waals surface area contributed by atoms with Crippen LogP contribution in [0.15, 0.2) is 46.4 Å². The molecule has 0 aromatic heterocycles. The molecule has 0 saturated carbocycles. The van der Waals surface area contributed by atoms with E-state index in [9.17, 15) is 5.11 Å². The number of hydrogen-bond donors (Lipinski definition) is 1. The Morgan fingerprint density at radius 3 is 2.68 bits per heavy atom. The minimum Gasteiger partial charge on any atom is -0.507 e. The summed E-state index contributed by atoms with van der Waals surface area (Å²) < 4.78 is 0. The average molecular weight is 248 g/mol. The minimum atomic E-state index is 0.256. The van der Waals surface area contributed by atoms with Crippen molar-refractivity contribution in [3.8, 4) is 5.75 Å². The van der Waals surface area contributed by atoms with Crippen LogP contribution in [-0.4, -0.2) is 16.5 Å². The highest BCUT2D eigenvalue weighted by molar-refractivity contribution is 6.54. The van der Waals surface area contributed by atoms with Gasteiger partial charge in [-0.25, -0.2) is 9.98 Å². The molecule has 0 unspecified atom stereocenters. The number of rotatable bonds is 0. The van der Waals surface area contributed by atoms with Gasteiger partial charge in [-0.3, -0.25) is 0 Å². The van der Waals surface area contributed by atoms with Crippen molar-refractivity contribution in [2.45, 2.75) is 13.3 Å². The van der Waals surface area contributed by atoms with Crippen molar-refractivity contribution < 1.29 is 5.11 Å². The number of aromatic hydroxyl groups is 1. The summed E-state index contributed by atoms with van der Waals surface area (Å²) in [5, 5.41) is 10.0. The van der Waals surface area contributed by atoms with Gasteiger partial charge in [-0.05, 0) is 36.2 Å². The van der Waals surface area contributed by atoms with Gasteiger partial charge in [-0.15, -0.1) is 0 Å². The molecule has 0 amide bonds. The molecular formula is C16H12N2O. The Morgan fingerprint density at radius 2 is 1.79 bits per heavy atom. The molecular weight excluding hydrogens is 236 g/mol. The Labute approximate surface area is 111 Å². The third kappa shape index (κ3) is 1.38. The Balaban J connectivity index is 1.99. The lowest BCUT2D eigenvalue weighted by atomic mass is 9.94. The van der Waals surface area contributed by atoms with Gasteiger partial charge in [0, 0.05) is 6.42 Å². The molecule has 2 heterocycles. The topological polar surface area (TPSA) is 45.0 Å². The summed E-state index contributed by atoms with van der Waals surface area (Å²) in [5.74, 6) is 0.256. The first-order chi connectivity index (χ1) is 9.24. The van der Waals surface area contributed by atoms with Gasteiger partial charge in [0.25, 0.3) is 0 Å². The van der Waals surface area contributed by atoms with E-state index in [-0.39, 0.29) is 5.75 Å². The normalized spacial score (nSPS) is 15.2. The number of phenols is 1. The van der Waals surface area contributed by atoms with E-state index in [2.05, 4.69) is 18.0 Å². The molecule has 92 valence electrons. The van der Waals surface area contributed by atoms with E-state index in [1.165, 1.54) is 11.1 Å². The van der Waals surface area contributed by atoms with Crippen molar-refractivity contribution in [1.82, 2.24) is 0 Å². The van der Waals surface area contributed by atoms with Gasteiger partial charge in [0.05, 0.1) is 28.4 Å². The molecule has 0 fully saturated rings. The van der Waals surface area contributed by atoms with Crippen LogP contribution in [0, 0.1) is 6.92 Å². The van der Waals surface area contributed by atoms with Crippen molar-refractivity contribution in [3.05, 3.63) is 53.1 Å². The Hall–Kier alpha value is -2.42. The van der Waals surface area contributed by atoms with Crippen LogP contribution >= 0.6 is 0 Å². The fraction of sp³-hybridized carbons (Fsp3) is 0.125. The van der Waals surface area contributed by atoms with E-state index in [0.29, 0.717) is 0 Å². The van der Waals surface area contributed by atoms with Gasteiger partial charge in [0.15, 0.2) is 0 Å². The molecule has 3 nitrogen and oxygen atoms in total. The van der Waals surface area contributed by atoms with Gasteiger partial charge in [0.1, 0.15) is 5.75 Å². The zero-order valence-electron chi connectivity index (χ0n) is 10.5. The second kappa shape index (κ2) is 3.54. The molecule has 3 heteroatoms. The summed E-state index contributed by atoms with van der Waals surface area (Å²) in [4.78, 5) is 9.30. The lowest BCUT2D eigenvalue weighted by Gasteiger charge is -2.16. The molecule has 1 N–H and O–H groups in total. The summed E-state index contributed by atoms with van der Waals surface area (Å²) >= 11 is 0. The van der Waals surface area contributed by atoms with Gasteiger partial charge in [-0.1, -0.05) is 18.2 Å². The van der Waals surface area contributed by atoms with Crippen LogP contribution in [0.1, 0.15) is 16.7 Å². The van der Waals surface area contributed by atoms with Crippen molar-refractivity contribution in [3.63, 3.8) is 0 Å². The number of nitrogens with zero attached hydrogens (tertiary/aromatic N) is 2. The molecule has 0 aliphatic carbocycles. The molecule has 2 aliphatic rings. The number of aliphatic imine (C=N–C) groups is 2. The smallest absolute Gasteiger partial charge is 0.127 e. The molecule has 0 spiro atoms. The van der Waals surface area contributed by atoms with Crippen molar-refractivity contribution in [2.24, 2.45) is 9.98 Å². The summed E-state index contributed by atoms with van der Waals surface area (Å²) in [6.07, 6.45) is 0.787. The van der Waals surface area contributed by atoms with Crippen LogP contribution in [0.4, 0.5) is 11.4 Å². The molecule has 2 aliphatic heterocycles. The van der Waals surface area contributed by atoms with Gasteiger partial charge >= 0.3 is 0 Å². The lowest BCUT2D eigenvalue weighted by molar-refractivity contribution is 0.474. The number of benzene rings is 2. The maximum atomic E-state index is 10.0. The lowest BCUT2D eigenvalue weighted by Crippen LogP contribution is -2.18. The van der Waals surface area contributed by atoms with E-state index in [4.69, 9.17) is 4.99 Å². The van der Waals surface area contributed by atoms with Crippen molar-refractivity contribution >= 4 is 22.8 Å². The fourth-order valence-corrected chi connectivity index (χ4v) is 2.76. The number of phenolic OH excluding ortho intramolecular Hbond substituents is 1. The van der Waals surface area contributed by atoms with Crippen molar-refractivity contribution in [1.29, 1.82) is 0 Å². The van der Waals surface area contributed by atoms with Crippen molar-refractivity contribution in [2.75, 3.05) is 0 Å². The Bertz CT molecular complexity index is 772. The largest absolute Gasteiger partial charge is 0.507 e. The quantitative estimate of drug-likeness (QED) is 0.762. The maximum absolute atomic E-state index is 10.0. The van der Waals surface area contributed by atoms with Crippen LogP contribution in [0.5, 0.6) is 5.75 Å². The summed E-state index contributed by atoms with van der Waals surface area (Å²) in [7, 11) is 0. The molecule has 4 rings (SSSR count). The zero-order valence-corrected chi connectivity index (χ0v) is 10.5. The van der Waals surface area contributed by atoms with Crippen LogP contribution in [0.2, 0.25) is 0 Å². The van der Waals surface area contributed by atoms with Crippen LogP contribution in [0.3, 0.4) is 0 Å². The highest BCUT2D eigenvalue weighted by Crippen LogP contribution is 2.39. The maximum Gasteiger partial charge on any atom is 0.127 e. The SMILES string of the molecule is Cc1cccc2c1CC1=Nc3cccc(O)c3C1=N2. The number of aryl methyl sites for hydroxylation is 1. The Kier molecular flexibility index (Phi) is 1.96. The Morgan fingerprint density at radius 1 is 1.00 bits per heavy atom. The third-order valence-electron chi connectivity index (χ3n) is 3.75. The first-order valence-electron chi connectivity index (χ1n) is 6.31. The molecule has 0 saturated heterocycles. The van der Waals surface area contributed by atoms with E-state index in [1.54, 1.807) is 6.07 Å². The molecule has 0 atom stereocenters. The predicted octanol–water partition coefficient (Wildman–Crippen LogP) is 3.46. The highest BCUT2D eigenvalue weighted by Gasteiger charge is 2.29. The molecule has 0 radical (unpaired) electrons. The third-order valence-corrected chi connectivity index (χ3v) is 3.75. The predicted molar refractivity (Wildman–Crippen MR) is 76.3 cm³/mol. The summed E-state index contributed by atoms with van der Waals surface area (Å²) in [6, 6.07) is 11.5.